The average molecular weight is 440 g/mol. The zero-order valence-electron chi connectivity index (χ0n) is 15.6. The smallest absolute Gasteiger partial charge is 0.261 e. The third kappa shape index (κ3) is 3.82. The van der Waals surface area contributed by atoms with Crippen LogP contribution in [0.15, 0.2) is 65.0 Å². The number of fused-ring (bicyclic) bond motifs is 1. The maximum Gasteiger partial charge on any atom is 0.270 e. The minimum absolute atomic E-state index is 0.0828. The highest BCUT2D eigenvalue weighted by Gasteiger charge is 2.17. The van der Waals surface area contributed by atoms with E-state index in [2.05, 4.69) is 25.6 Å². The maximum absolute atomic E-state index is 10.8. The minimum Gasteiger partial charge on any atom is -0.261 e. The lowest BCUT2D eigenvalue weighted by atomic mass is 10.2. The van der Waals surface area contributed by atoms with Crippen molar-refractivity contribution in [1.29, 1.82) is 0 Å². The van der Waals surface area contributed by atoms with Crippen LogP contribution in [0.3, 0.4) is 0 Å². The molecule has 0 aliphatic carbocycles. The van der Waals surface area contributed by atoms with E-state index in [1.54, 1.807) is 4.68 Å². The number of hydrogen-bond acceptors (Lipinski definition) is 8. The number of halogens is 1. The molecule has 0 saturated carbocycles. The molecule has 150 valence electrons. The zero-order valence-corrected chi connectivity index (χ0v) is 17.1. The Morgan fingerprint density at radius 2 is 2.03 bits per heavy atom. The first-order valence-electron chi connectivity index (χ1n) is 8.64. The first kappa shape index (κ1) is 19.8. The molecule has 0 unspecified atom stereocenters. The summed E-state index contributed by atoms with van der Waals surface area (Å²) in [5.41, 5.74) is 4.88. The van der Waals surface area contributed by atoms with Crippen molar-refractivity contribution in [3.05, 3.63) is 75.6 Å². The van der Waals surface area contributed by atoms with Crippen LogP contribution in [0.25, 0.3) is 16.7 Å². The summed E-state index contributed by atoms with van der Waals surface area (Å²) in [5, 5.41) is 21.4. The number of para-hydroxylation sites is 1. The van der Waals surface area contributed by atoms with Gasteiger partial charge in [-0.05, 0) is 24.5 Å². The molecule has 1 N–H and O–H groups in total. The summed E-state index contributed by atoms with van der Waals surface area (Å²) in [6.45, 7) is 0. The Hall–Kier alpha value is -3.50. The van der Waals surface area contributed by atoms with Crippen LogP contribution in [0.5, 0.6) is 0 Å². The van der Waals surface area contributed by atoms with E-state index < -0.39 is 4.92 Å². The van der Waals surface area contributed by atoms with E-state index in [1.807, 2.05) is 36.6 Å². The number of non-ortho nitro benzene ring substituents is 1. The zero-order chi connectivity index (χ0) is 21.1. The van der Waals surface area contributed by atoms with Crippen LogP contribution in [0.4, 0.5) is 11.5 Å². The molecule has 4 rings (SSSR count). The molecule has 2 aromatic carbocycles. The number of anilines is 1. The number of nitrogens with zero attached hydrogens (tertiary/aromatic N) is 6. The van der Waals surface area contributed by atoms with Gasteiger partial charge in [0.25, 0.3) is 5.69 Å². The fraction of sp³-hybridized carbons (Fsp3) is 0.0526. The van der Waals surface area contributed by atoms with Crippen molar-refractivity contribution in [3.63, 3.8) is 0 Å². The van der Waals surface area contributed by atoms with Crippen LogP contribution in [0.1, 0.15) is 5.56 Å². The van der Waals surface area contributed by atoms with Gasteiger partial charge in [-0.1, -0.05) is 29.8 Å². The molecule has 0 saturated heterocycles. The van der Waals surface area contributed by atoms with Crippen LogP contribution in [-0.4, -0.2) is 37.1 Å². The van der Waals surface area contributed by atoms with E-state index in [4.69, 9.17) is 11.6 Å². The maximum atomic E-state index is 10.8. The number of aromatic nitrogens is 4. The van der Waals surface area contributed by atoms with E-state index in [9.17, 15) is 10.1 Å². The molecule has 9 nitrogen and oxygen atoms in total. The van der Waals surface area contributed by atoms with Crippen molar-refractivity contribution in [3.8, 4) is 5.69 Å². The normalized spacial score (nSPS) is 11.3. The lowest BCUT2D eigenvalue weighted by Crippen LogP contribution is -1.99. The Balaban J connectivity index is 1.68. The Morgan fingerprint density at radius 3 is 2.73 bits per heavy atom. The minimum atomic E-state index is -0.503. The SMILES string of the molecule is CSc1nn(-c2ccccc2)c2ncnc(N/N=C/c3ccc([N+](=O)[O-])cc3Cl)c12. The van der Waals surface area contributed by atoms with Gasteiger partial charge >= 0.3 is 0 Å². The highest BCUT2D eigenvalue weighted by Crippen LogP contribution is 2.31. The summed E-state index contributed by atoms with van der Waals surface area (Å²) in [5.74, 6) is 0.487. The summed E-state index contributed by atoms with van der Waals surface area (Å²) in [6, 6.07) is 13.9. The fourth-order valence-electron chi connectivity index (χ4n) is 2.80. The van der Waals surface area contributed by atoms with Gasteiger partial charge in [0.2, 0.25) is 0 Å². The lowest BCUT2D eigenvalue weighted by Gasteiger charge is -2.04. The van der Waals surface area contributed by atoms with Crippen LogP contribution in [0.2, 0.25) is 5.02 Å². The van der Waals surface area contributed by atoms with Crippen LogP contribution < -0.4 is 5.43 Å². The van der Waals surface area contributed by atoms with Gasteiger partial charge in [0.15, 0.2) is 11.5 Å². The lowest BCUT2D eigenvalue weighted by molar-refractivity contribution is -0.384. The molecular formula is C19H14ClN7O2S. The van der Waals surface area contributed by atoms with Gasteiger partial charge in [-0.3, -0.25) is 15.5 Å². The number of nitro groups is 1. The molecule has 30 heavy (non-hydrogen) atoms. The molecule has 0 spiro atoms. The number of hydrogen-bond donors (Lipinski definition) is 1. The van der Waals surface area contributed by atoms with Gasteiger partial charge in [0.1, 0.15) is 11.4 Å². The van der Waals surface area contributed by atoms with Crippen molar-refractivity contribution in [2.45, 2.75) is 5.03 Å². The second kappa shape index (κ2) is 8.47. The first-order chi connectivity index (χ1) is 14.6. The summed E-state index contributed by atoms with van der Waals surface area (Å²) >= 11 is 7.58. The predicted octanol–water partition coefficient (Wildman–Crippen LogP) is 4.55. The summed E-state index contributed by atoms with van der Waals surface area (Å²) in [6.07, 6.45) is 4.83. The molecule has 4 aromatic rings. The van der Waals surface area contributed by atoms with E-state index in [0.29, 0.717) is 17.0 Å². The van der Waals surface area contributed by atoms with Crippen molar-refractivity contribution in [2.24, 2.45) is 5.10 Å². The molecule has 0 fully saturated rings. The number of rotatable bonds is 6. The molecule has 11 heteroatoms. The van der Waals surface area contributed by atoms with E-state index in [1.165, 1.54) is 42.5 Å². The van der Waals surface area contributed by atoms with Gasteiger partial charge in [-0.15, -0.1) is 11.8 Å². The summed E-state index contributed by atoms with van der Waals surface area (Å²) in [4.78, 5) is 19.0. The second-order valence-corrected chi connectivity index (χ2v) is 7.21. The summed E-state index contributed by atoms with van der Waals surface area (Å²) < 4.78 is 1.75. The Bertz CT molecular complexity index is 1260. The monoisotopic (exact) mass is 439 g/mol. The Morgan fingerprint density at radius 1 is 1.23 bits per heavy atom. The molecule has 0 atom stereocenters. The van der Waals surface area contributed by atoms with Gasteiger partial charge in [0, 0.05) is 17.7 Å². The highest BCUT2D eigenvalue weighted by molar-refractivity contribution is 7.98. The average Bonchev–Trinajstić information content (AvgIpc) is 3.15. The highest BCUT2D eigenvalue weighted by atomic mass is 35.5. The second-order valence-electron chi connectivity index (χ2n) is 6.01. The Kier molecular flexibility index (Phi) is 5.59. The molecule has 0 radical (unpaired) electrons. The molecule has 2 aromatic heterocycles. The van der Waals surface area contributed by atoms with E-state index in [0.717, 1.165) is 16.1 Å². The Labute approximate surface area is 179 Å². The van der Waals surface area contributed by atoms with Crippen molar-refractivity contribution in [2.75, 3.05) is 11.7 Å². The van der Waals surface area contributed by atoms with Gasteiger partial charge < -0.3 is 0 Å². The van der Waals surface area contributed by atoms with Crippen molar-refractivity contribution in [1.82, 2.24) is 19.7 Å². The number of thioether (sulfide) groups is 1. The quantitative estimate of drug-likeness (QED) is 0.203. The molecule has 0 aliphatic heterocycles. The molecule has 0 bridgehead atoms. The molecule has 0 aliphatic rings. The van der Waals surface area contributed by atoms with Crippen LogP contribution in [-0.2, 0) is 0 Å². The third-order valence-corrected chi connectivity index (χ3v) is 5.20. The van der Waals surface area contributed by atoms with Crippen molar-refractivity contribution >= 4 is 52.1 Å². The van der Waals surface area contributed by atoms with E-state index in [-0.39, 0.29) is 10.7 Å². The fourth-order valence-corrected chi connectivity index (χ4v) is 3.58. The van der Waals surface area contributed by atoms with Gasteiger partial charge in [0.05, 0.1) is 27.2 Å². The van der Waals surface area contributed by atoms with Gasteiger partial charge in [-0.25, -0.2) is 14.6 Å². The number of hydrazone groups is 1. The molecular weight excluding hydrogens is 426 g/mol. The first-order valence-corrected chi connectivity index (χ1v) is 10.2. The van der Waals surface area contributed by atoms with Crippen LogP contribution >= 0.6 is 23.4 Å². The number of benzene rings is 2. The number of nitrogens with one attached hydrogen (secondary N) is 1. The largest absolute Gasteiger partial charge is 0.270 e. The molecule has 0 amide bonds. The summed E-state index contributed by atoms with van der Waals surface area (Å²) in [7, 11) is 0. The van der Waals surface area contributed by atoms with Crippen LogP contribution in [0, 0.1) is 10.1 Å². The van der Waals surface area contributed by atoms with Crippen molar-refractivity contribution < 1.29 is 4.92 Å². The molecule has 2 heterocycles. The topological polar surface area (TPSA) is 111 Å². The van der Waals surface area contributed by atoms with E-state index >= 15 is 0 Å². The predicted molar refractivity (Wildman–Crippen MR) is 118 cm³/mol. The van der Waals surface area contributed by atoms with Gasteiger partial charge in [-0.2, -0.15) is 10.2 Å². The standard InChI is InChI=1S/C19H14ClN7O2S/c1-30-19-16-17(24-23-10-12-7-8-14(27(28)29)9-15(12)20)21-11-22-18(16)26(25-19)13-5-3-2-4-6-13/h2-11H,1H3,(H,21,22,24)/b23-10+. The number of nitro benzene ring substituents is 1. The third-order valence-electron chi connectivity index (χ3n) is 4.20.